The van der Waals surface area contributed by atoms with Crippen LogP contribution in [0.25, 0.3) is 0 Å². The van der Waals surface area contributed by atoms with Gasteiger partial charge in [-0.1, -0.05) is 40.5 Å². The first-order chi connectivity index (χ1) is 9.00. The fourth-order valence-electron chi connectivity index (χ4n) is 2.30. The van der Waals surface area contributed by atoms with E-state index >= 15 is 0 Å². The van der Waals surface area contributed by atoms with Crippen molar-refractivity contribution in [1.29, 1.82) is 0 Å². The molecule has 0 radical (unpaired) electrons. The maximum atomic E-state index is 12.4. The second kappa shape index (κ2) is 9.37. The molecule has 2 rings (SSSR count). The molecule has 0 aliphatic rings. The molecule has 5 heteroatoms. The topological polar surface area (TPSA) is 34.1 Å². The van der Waals surface area contributed by atoms with E-state index in [-0.39, 0.29) is 67.5 Å². The Morgan fingerprint density at radius 1 is 0.952 bits per heavy atom. The van der Waals surface area contributed by atoms with E-state index in [4.69, 9.17) is 0 Å². The Labute approximate surface area is 174 Å². The van der Waals surface area contributed by atoms with Crippen LogP contribution in [0.2, 0.25) is 0 Å². The molecule has 0 aliphatic heterocycles. The number of carbonyl (C=O) groups excluding carboxylic acids is 1. The zero-order valence-corrected chi connectivity index (χ0v) is 18.2. The molecule has 0 saturated heterocycles. The number of benzene rings is 2. The minimum atomic E-state index is -2.04. The van der Waals surface area contributed by atoms with Crippen LogP contribution in [0.4, 0.5) is 0 Å². The van der Waals surface area contributed by atoms with E-state index < -0.39 is 7.80 Å². The number of hydrogen-bond donors (Lipinski definition) is 0. The molecule has 0 amide bonds. The molecular formula is C16H18Na2O2P+. The SMILES string of the molecule is Cc1cc(C)c(C(=O)[P+](=O)c2ccccc2)c(C)c1.[H-].[H-].[Na+].[Na+]. The molecule has 0 N–H and O–H groups in total. The largest absolute Gasteiger partial charge is 1.00 e. The van der Waals surface area contributed by atoms with Crippen LogP contribution >= 0.6 is 7.80 Å². The Hall–Kier alpha value is 0.210. The van der Waals surface area contributed by atoms with E-state index in [1.54, 1.807) is 24.3 Å². The fraction of sp³-hybridized carbons (Fsp3) is 0.188. The summed E-state index contributed by atoms with van der Waals surface area (Å²) in [6.45, 7) is 5.77. The molecule has 0 heterocycles. The van der Waals surface area contributed by atoms with Crippen LogP contribution in [0.1, 0.15) is 29.9 Å². The number of hydrogen-bond acceptors (Lipinski definition) is 2. The van der Waals surface area contributed by atoms with E-state index in [0.717, 1.165) is 16.7 Å². The first-order valence-electron chi connectivity index (χ1n) is 6.15. The molecule has 2 nitrogen and oxygen atoms in total. The summed E-state index contributed by atoms with van der Waals surface area (Å²) in [6.07, 6.45) is 0. The van der Waals surface area contributed by atoms with Gasteiger partial charge in [-0.05, 0) is 44.0 Å². The predicted octanol–water partition coefficient (Wildman–Crippen LogP) is -1.86. The van der Waals surface area contributed by atoms with Crippen molar-refractivity contribution in [2.45, 2.75) is 20.8 Å². The van der Waals surface area contributed by atoms with Gasteiger partial charge in [0.15, 0.2) is 5.30 Å². The van der Waals surface area contributed by atoms with Gasteiger partial charge < -0.3 is 2.85 Å². The summed E-state index contributed by atoms with van der Waals surface area (Å²) in [4.78, 5) is 12.4. The molecule has 0 bridgehead atoms. The summed E-state index contributed by atoms with van der Waals surface area (Å²) < 4.78 is 12.3. The van der Waals surface area contributed by atoms with Gasteiger partial charge in [0, 0.05) is 0 Å². The zero-order valence-electron chi connectivity index (χ0n) is 15.3. The fourth-order valence-corrected chi connectivity index (χ4v) is 3.53. The van der Waals surface area contributed by atoms with E-state index in [9.17, 15) is 9.36 Å². The molecule has 2 aromatic rings. The van der Waals surface area contributed by atoms with Crippen LogP contribution in [0.5, 0.6) is 0 Å². The summed E-state index contributed by atoms with van der Waals surface area (Å²) >= 11 is 0. The molecule has 1 atom stereocenters. The van der Waals surface area contributed by atoms with Crippen LogP contribution in [0.15, 0.2) is 42.5 Å². The number of rotatable bonds is 3. The summed E-state index contributed by atoms with van der Waals surface area (Å²) in [5, 5.41) is 0.585. The predicted molar refractivity (Wildman–Crippen MR) is 80.9 cm³/mol. The Kier molecular flexibility index (Phi) is 9.47. The first kappa shape index (κ1) is 21.2. The third-order valence-electron chi connectivity index (χ3n) is 3.07. The average molecular weight is 319 g/mol. The standard InChI is InChI=1S/C16H16O2P.2Na.2H/c1-11-9-12(2)15(13(3)10-11)16(17)19(18)14-7-5-4-6-8-14;;;;/h4-10H,1-3H3;;;;/q3*+1;2*-1. The third-order valence-corrected chi connectivity index (χ3v) is 4.43. The van der Waals surface area contributed by atoms with Crippen molar-refractivity contribution in [2.24, 2.45) is 0 Å². The quantitative estimate of drug-likeness (QED) is 0.491. The summed E-state index contributed by atoms with van der Waals surface area (Å²) in [5.74, 6) is 0. The molecule has 100 valence electrons. The Balaban J connectivity index is -0.000001000. The van der Waals surface area contributed by atoms with Gasteiger partial charge in [-0.25, -0.2) is 4.79 Å². The van der Waals surface area contributed by atoms with Crippen molar-refractivity contribution >= 4 is 18.6 Å². The van der Waals surface area contributed by atoms with E-state index in [1.807, 2.05) is 39.0 Å². The van der Waals surface area contributed by atoms with Crippen molar-refractivity contribution < 1.29 is 71.3 Å². The van der Waals surface area contributed by atoms with E-state index in [1.165, 1.54) is 0 Å². The monoisotopic (exact) mass is 319 g/mol. The first-order valence-corrected chi connectivity index (χ1v) is 7.41. The Morgan fingerprint density at radius 3 is 1.90 bits per heavy atom. The molecule has 0 aliphatic carbocycles. The number of aryl methyl sites for hydroxylation is 3. The van der Waals surface area contributed by atoms with Gasteiger partial charge in [-0.3, -0.25) is 0 Å². The van der Waals surface area contributed by atoms with Crippen molar-refractivity contribution in [3.05, 3.63) is 64.7 Å². The smallest absolute Gasteiger partial charge is 1.00 e. The van der Waals surface area contributed by atoms with Gasteiger partial charge in [-0.15, -0.1) is 0 Å². The summed E-state index contributed by atoms with van der Waals surface area (Å²) in [6, 6.07) is 12.8. The second-order valence-electron chi connectivity index (χ2n) is 4.71. The van der Waals surface area contributed by atoms with Crippen molar-refractivity contribution in [3.8, 4) is 0 Å². The second-order valence-corrected chi connectivity index (χ2v) is 6.22. The van der Waals surface area contributed by atoms with Gasteiger partial charge in [0.25, 0.3) is 0 Å². The Morgan fingerprint density at radius 2 is 1.43 bits per heavy atom. The van der Waals surface area contributed by atoms with Gasteiger partial charge in [-0.2, -0.15) is 0 Å². The van der Waals surface area contributed by atoms with Crippen LogP contribution in [-0.4, -0.2) is 5.52 Å². The van der Waals surface area contributed by atoms with E-state index in [2.05, 4.69) is 0 Å². The molecule has 21 heavy (non-hydrogen) atoms. The normalized spacial score (nSPS) is 10.1. The third kappa shape index (κ3) is 5.11. The van der Waals surface area contributed by atoms with Crippen LogP contribution in [0.3, 0.4) is 0 Å². The molecule has 0 fully saturated rings. The van der Waals surface area contributed by atoms with Crippen LogP contribution in [0, 0.1) is 20.8 Å². The van der Waals surface area contributed by atoms with E-state index in [0.29, 0.717) is 10.9 Å². The molecule has 1 unspecified atom stereocenters. The number of carbonyl (C=O) groups is 1. The summed E-state index contributed by atoms with van der Waals surface area (Å²) in [7, 11) is -2.04. The minimum absolute atomic E-state index is 0. The molecule has 2 aromatic carbocycles. The summed E-state index contributed by atoms with van der Waals surface area (Å²) in [5.41, 5.74) is 3.21. The molecule has 0 aromatic heterocycles. The maximum Gasteiger partial charge on any atom is 1.00 e. The molecule has 0 spiro atoms. The van der Waals surface area contributed by atoms with Crippen molar-refractivity contribution in [1.82, 2.24) is 0 Å². The zero-order chi connectivity index (χ0) is 14.0. The molecular weight excluding hydrogens is 301 g/mol. The van der Waals surface area contributed by atoms with Gasteiger partial charge >= 0.3 is 72.4 Å². The molecule has 0 saturated carbocycles. The van der Waals surface area contributed by atoms with Gasteiger partial charge in [0.1, 0.15) is 0 Å². The van der Waals surface area contributed by atoms with Crippen LogP contribution < -0.4 is 64.4 Å². The van der Waals surface area contributed by atoms with Gasteiger partial charge in [0.2, 0.25) is 0 Å². The van der Waals surface area contributed by atoms with Gasteiger partial charge in [0.05, 0.1) is 5.56 Å². The minimum Gasteiger partial charge on any atom is -1.00 e. The van der Waals surface area contributed by atoms with Crippen LogP contribution in [-0.2, 0) is 4.57 Å². The van der Waals surface area contributed by atoms with Crippen molar-refractivity contribution in [2.75, 3.05) is 0 Å². The maximum absolute atomic E-state index is 12.4. The average Bonchev–Trinajstić information content (AvgIpc) is 2.37. The Bertz CT molecular complexity index is 641. The van der Waals surface area contributed by atoms with Crippen molar-refractivity contribution in [3.63, 3.8) is 0 Å².